The number of hydrogen-bond donors (Lipinski definition) is 0. The monoisotopic (exact) mass is 427 g/mol. The van der Waals surface area contributed by atoms with Gasteiger partial charge in [-0.05, 0) is 25.7 Å². The van der Waals surface area contributed by atoms with E-state index in [-0.39, 0.29) is 6.61 Å². The molecule has 0 aliphatic rings. The van der Waals surface area contributed by atoms with Gasteiger partial charge < -0.3 is 9.59 Å². The molecule has 0 aromatic rings. The number of hydrogen-bond acceptors (Lipinski definition) is 1. The molecule has 0 saturated carbocycles. The van der Waals surface area contributed by atoms with Crippen LogP contribution in [0.25, 0.3) is 0 Å². The van der Waals surface area contributed by atoms with Crippen molar-refractivity contribution >= 4 is 0 Å². The first-order chi connectivity index (χ1) is 14.7. The highest BCUT2D eigenvalue weighted by Gasteiger charge is 2.24. The van der Waals surface area contributed by atoms with E-state index in [2.05, 4.69) is 34.6 Å². The number of rotatable bonds is 22. The average molecular weight is 428 g/mol. The molecule has 0 N–H and O–H groups in total. The van der Waals surface area contributed by atoms with Crippen molar-refractivity contribution in [3.05, 3.63) is 0 Å². The minimum absolute atomic E-state index is 0.122. The minimum Gasteiger partial charge on any atom is -0.854 e. The SMILES string of the molecule is CCCCCCCCCCCC[O-].CCCC[N+](CCCC)(CCCC)CCCC. The lowest BCUT2D eigenvalue weighted by molar-refractivity contribution is -0.929. The van der Waals surface area contributed by atoms with Gasteiger partial charge >= 0.3 is 0 Å². The van der Waals surface area contributed by atoms with Gasteiger partial charge in [0.2, 0.25) is 0 Å². The molecule has 0 aromatic heterocycles. The van der Waals surface area contributed by atoms with Crippen molar-refractivity contribution in [1.82, 2.24) is 0 Å². The maximum atomic E-state index is 10.1. The predicted molar refractivity (Wildman–Crippen MR) is 136 cm³/mol. The highest BCUT2D eigenvalue weighted by atomic mass is 16.2. The Morgan fingerprint density at radius 1 is 0.367 bits per heavy atom. The first kappa shape index (κ1) is 32.1. The summed E-state index contributed by atoms with van der Waals surface area (Å²) in [6.45, 7) is 17.4. The number of quaternary nitrogens is 1. The lowest BCUT2D eigenvalue weighted by atomic mass is 10.1. The van der Waals surface area contributed by atoms with Gasteiger partial charge in [0.1, 0.15) is 0 Å². The molecule has 0 saturated heterocycles. The largest absolute Gasteiger partial charge is 0.854 e. The molecule has 2 nitrogen and oxygen atoms in total. The van der Waals surface area contributed by atoms with Gasteiger partial charge in [0, 0.05) is 0 Å². The van der Waals surface area contributed by atoms with Crippen molar-refractivity contribution < 1.29 is 9.59 Å². The van der Waals surface area contributed by atoms with Crippen molar-refractivity contribution in [2.45, 2.75) is 150 Å². The Bertz CT molecular complexity index is 245. The van der Waals surface area contributed by atoms with Gasteiger partial charge in [0.05, 0.1) is 26.2 Å². The van der Waals surface area contributed by atoms with E-state index in [1.54, 1.807) is 0 Å². The van der Waals surface area contributed by atoms with Gasteiger partial charge in [-0.25, -0.2) is 0 Å². The Morgan fingerprint density at radius 2 is 0.633 bits per heavy atom. The molecule has 184 valence electrons. The van der Waals surface area contributed by atoms with Gasteiger partial charge in [-0.3, -0.25) is 0 Å². The van der Waals surface area contributed by atoms with Crippen LogP contribution < -0.4 is 5.11 Å². The summed E-state index contributed by atoms with van der Waals surface area (Å²) in [7, 11) is 0. The summed E-state index contributed by atoms with van der Waals surface area (Å²) >= 11 is 0. The molecule has 0 unspecified atom stereocenters. The van der Waals surface area contributed by atoms with Gasteiger partial charge in [-0.2, -0.15) is 0 Å². The smallest absolute Gasteiger partial charge is 0.0786 e. The van der Waals surface area contributed by atoms with E-state index in [9.17, 15) is 5.11 Å². The van der Waals surface area contributed by atoms with E-state index in [0.29, 0.717) is 0 Å². The zero-order chi connectivity index (χ0) is 22.8. The number of unbranched alkanes of at least 4 members (excludes halogenated alkanes) is 13. The third-order valence-corrected chi connectivity index (χ3v) is 6.44. The van der Waals surface area contributed by atoms with Crippen molar-refractivity contribution in [3.63, 3.8) is 0 Å². The Kier molecular flexibility index (Phi) is 28.8. The summed E-state index contributed by atoms with van der Waals surface area (Å²) in [4.78, 5) is 0. The highest BCUT2D eigenvalue weighted by molar-refractivity contribution is 4.49. The summed E-state index contributed by atoms with van der Waals surface area (Å²) in [5, 5.41) is 10.1. The van der Waals surface area contributed by atoms with E-state index < -0.39 is 0 Å². The Labute approximate surface area is 192 Å². The van der Waals surface area contributed by atoms with E-state index >= 15 is 0 Å². The molecule has 0 atom stereocenters. The maximum absolute atomic E-state index is 10.1. The summed E-state index contributed by atoms with van der Waals surface area (Å²) in [5.41, 5.74) is 0. The fourth-order valence-electron chi connectivity index (χ4n) is 4.23. The zero-order valence-electron chi connectivity index (χ0n) is 22.1. The first-order valence-corrected chi connectivity index (χ1v) is 14.1. The van der Waals surface area contributed by atoms with Gasteiger partial charge in [0.15, 0.2) is 0 Å². The molecule has 0 rings (SSSR count). The molecule has 0 aliphatic heterocycles. The lowest BCUT2D eigenvalue weighted by Crippen LogP contribution is -2.50. The van der Waals surface area contributed by atoms with Crippen LogP contribution in [0.15, 0.2) is 0 Å². The fourth-order valence-corrected chi connectivity index (χ4v) is 4.23. The van der Waals surface area contributed by atoms with Crippen molar-refractivity contribution in [2.75, 3.05) is 32.8 Å². The van der Waals surface area contributed by atoms with Crippen LogP contribution in [-0.4, -0.2) is 37.3 Å². The Morgan fingerprint density at radius 3 is 0.900 bits per heavy atom. The second kappa shape index (κ2) is 27.0. The Hall–Kier alpha value is -0.0800. The molecular weight excluding hydrogens is 366 g/mol. The summed E-state index contributed by atoms with van der Waals surface area (Å²) in [5.74, 6) is 0. The molecule has 30 heavy (non-hydrogen) atoms. The van der Waals surface area contributed by atoms with Gasteiger partial charge in [-0.15, -0.1) is 6.61 Å². The van der Waals surface area contributed by atoms with Gasteiger partial charge in [0.25, 0.3) is 0 Å². The standard InChI is InChI=1S/C16H36N.C12H25O/c1-5-9-13-17(14-10-6-2,15-11-7-3)16-12-8-4;1-2-3-4-5-6-7-8-9-10-11-12-13/h5-16H2,1-4H3;2-12H2,1H3/q+1;-1. The molecular formula is C28H61NO. The molecule has 0 amide bonds. The van der Waals surface area contributed by atoms with Crippen molar-refractivity contribution in [3.8, 4) is 0 Å². The maximum Gasteiger partial charge on any atom is 0.0786 e. The van der Waals surface area contributed by atoms with Crippen LogP contribution in [0.5, 0.6) is 0 Å². The van der Waals surface area contributed by atoms with Crippen LogP contribution in [0.1, 0.15) is 150 Å². The Balaban J connectivity index is 0. The normalized spacial score (nSPS) is 11.4. The quantitative estimate of drug-likeness (QED) is 0.126. The third kappa shape index (κ3) is 22.6. The summed E-state index contributed by atoms with van der Waals surface area (Å²) in [6.07, 6.45) is 24.1. The topological polar surface area (TPSA) is 23.1 Å². The average Bonchev–Trinajstić information content (AvgIpc) is 2.77. The molecule has 0 aliphatic carbocycles. The first-order valence-electron chi connectivity index (χ1n) is 14.1. The second-order valence-corrected chi connectivity index (χ2v) is 9.54. The van der Waals surface area contributed by atoms with Crippen molar-refractivity contribution in [2.24, 2.45) is 0 Å². The predicted octanol–water partition coefficient (Wildman–Crippen LogP) is 8.27. The molecule has 0 fully saturated rings. The van der Waals surface area contributed by atoms with Crippen LogP contribution in [0.2, 0.25) is 0 Å². The molecule has 0 heterocycles. The summed E-state index contributed by atoms with van der Waals surface area (Å²) < 4.78 is 1.42. The van der Waals surface area contributed by atoms with E-state index in [4.69, 9.17) is 0 Å². The lowest BCUT2D eigenvalue weighted by Gasteiger charge is -2.39. The number of nitrogens with zero attached hydrogens (tertiary/aromatic N) is 1. The van der Waals surface area contributed by atoms with Crippen LogP contribution >= 0.6 is 0 Å². The third-order valence-electron chi connectivity index (χ3n) is 6.44. The van der Waals surface area contributed by atoms with E-state index in [0.717, 1.165) is 12.8 Å². The second-order valence-electron chi connectivity index (χ2n) is 9.54. The van der Waals surface area contributed by atoms with Crippen LogP contribution in [0.3, 0.4) is 0 Å². The zero-order valence-corrected chi connectivity index (χ0v) is 22.1. The minimum atomic E-state index is 0.122. The fraction of sp³-hybridized carbons (Fsp3) is 1.00. The van der Waals surface area contributed by atoms with Crippen LogP contribution in [0.4, 0.5) is 0 Å². The van der Waals surface area contributed by atoms with E-state index in [1.165, 1.54) is 133 Å². The molecule has 0 aromatic carbocycles. The highest BCUT2D eigenvalue weighted by Crippen LogP contribution is 2.16. The summed E-state index contributed by atoms with van der Waals surface area (Å²) in [6, 6.07) is 0. The molecule has 2 heteroatoms. The molecule has 0 radical (unpaired) electrons. The van der Waals surface area contributed by atoms with Gasteiger partial charge in [-0.1, -0.05) is 125 Å². The van der Waals surface area contributed by atoms with Crippen LogP contribution in [0, 0.1) is 0 Å². The molecule has 0 spiro atoms. The van der Waals surface area contributed by atoms with Crippen LogP contribution in [-0.2, 0) is 0 Å². The van der Waals surface area contributed by atoms with Crippen molar-refractivity contribution in [1.29, 1.82) is 0 Å². The van der Waals surface area contributed by atoms with E-state index in [1.807, 2.05) is 0 Å². The molecule has 0 bridgehead atoms.